The van der Waals surface area contributed by atoms with Gasteiger partial charge in [-0.25, -0.2) is 4.98 Å². The summed E-state index contributed by atoms with van der Waals surface area (Å²) in [4.78, 5) is 15.9. The van der Waals surface area contributed by atoms with Crippen molar-refractivity contribution in [1.82, 2.24) is 15.2 Å². The van der Waals surface area contributed by atoms with Crippen LogP contribution in [0.1, 0.15) is 16.4 Å². The van der Waals surface area contributed by atoms with E-state index in [9.17, 15) is 9.90 Å². The van der Waals surface area contributed by atoms with Gasteiger partial charge in [0.15, 0.2) is 11.5 Å². The number of aliphatic hydroxyl groups excluding tert-OH is 1. The molecule has 8 heteroatoms. The Kier molecular flexibility index (Phi) is 4.11. The van der Waals surface area contributed by atoms with Gasteiger partial charge in [0.2, 0.25) is 17.4 Å². The molecule has 0 unspecified atom stereocenters. The maximum atomic E-state index is 12.2. The number of aromatic amines is 1. The number of hydrogen-bond donors (Lipinski definition) is 2. The lowest BCUT2D eigenvalue weighted by Crippen LogP contribution is -1.98. The summed E-state index contributed by atoms with van der Waals surface area (Å²) in [6.45, 7) is 0. The summed E-state index contributed by atoms with van der Waals surface area (Å²) in [6, 6.07) is 8.30. The van der Waals surface area contributed by atoms with Crippen LogP contribution in [-0.4, -0.2) is 26.1 Å². The molecule has 0 bridgehead atoms. The van der Waals surface area contributed by atoms with Crippen molar-refractivity contribution in [1.29, 1.82) is 0 Å². The molecule has 2 aromatic heterocycles. The number of aromatic nitrogens is 3. The van der Waals surface area contributed by atoms with Crippen molar-refractivity contribution >= 4 is 23.1 Å². The molecule has 2 N–H and O–H groups in total. The second kappa shape index (κ2) is 6.37. The van der Waals surface area contributed by atoms with E-state index in [4.69, 9.17) is 20.8 Å². The largest absolute Gasteiger partial charge is 0.504 e. The molecule has 2 heterocycles. The zero-order chi connectivity index (χ0) is 16.2. The summed E-state index contributed by atoms with van der Waals surface area (Å²) in [5.41, 5.74) is 0. The number of para-hydroxylation sites is 1. The number of hydrogen-bond acceptors (Lipinski definition) is 6. The smallest absolute Gasteiger partial charge is 0.228 e. The highest BCUT2D eigenvalue weighted by Crippen LogP contribution is 2.32. The third-order valence-corrected chi connectivity index (χ3v) is 3.13. The van der Waals surface area contributed by atoms with E-state index in [2.05, 4.69) is 15.2 Å². The topological polar surface area (TPSA) is 101 Å². The molecule has 0 aliphatic rings. The Morgan fingerprint density at radius 2 is 2.13 bits per heavy atom. The van der Waals surface area contributed by atoms with Crippen LogP contribution in [0.2, 0.25) is 5.02 Å². The molecule has 0 aliphatic heterocycles. The van der Waals surface area contributed by atoms with Crippen LogP contribution in [-0.2, 0) is 0 Å². The SMILES string of the molecule is O=C(C=C(O)c1nc[nH]n1)c1occc1Oc1ccccc1Cl. The zero-order valence-corrected chi connectivity index (χ0v) is 12.3. The number of nitrogens with one attached hydrogen (secondary N) is 1. The van der Waals surface area contributed by atoms with Crippen molar-refractivity contribution < 1.29 is 19.1 Å². The van der Waals surface area contributed by atoms with Gasteiger partial charge in [0.1, 0.15) is 12.1 Å². The first-order chi connectivity index (χ1) is 11.1. The van der Waals surface area contributed by atoms with Crippen molar-refractivity contribution in [2.24, 2.45) is 0 Å². The van der Waals surface area contributed by atoms with E-state index in [1.807, 2.05) is 0 Å². The Hall–Kier alpha value is -3.06. The summed E-state index contributed by atoms with van der Waals surface area (Å²) in [6.07, 6.45) is 3.53. The van der Waals surface area contributed by atoms with E-state index in [0.717, 1.165) is 6.08 Å². The molecule has 7 nitrogen and oxygen atoms in total. The average molecular weight is 332 g/mol. The van der Waals surface area contributed by atoms with Crippen molar-refractivity contribution in [2.45, 2.75) is 0 Å². The van der Waals surface area contributed by atoms with E-state index in [0.29, 0.717) is 10.8 Å². The third-order valence-electron chi connectivity index (χ3n) is 2.82. The zero-order valence-electron chi connectivity index (χ0n) is 11.6. The lowest BCUT2D eigenvalue weighted by molar-refractivity contribution is 0.101. The average Bonchev–Trinajstić information content (AvgIpc) is 3.20. The summed E-state index contributed by atoms with van der Waals surface area (Å²) in [5, 5.41) is 16.3. The molecule has 0 saturated carbocycles. The molecule has 0 amide bonds. The van der Waals surface area contributed by atoms with Crippen LogP contribution in [0.4, 0.5) is 0 Å². The Bertz CT molecular complexity index is 855. The number of furan rings is 1. The van der Waals surface area contributed by atoms with Gasteiger partial charge in [0, 0.05) is 12.1 Å². The maximum Gasteiger partial charge on any atom is 0.228 e. The van der Waals surface area contributed by atoms with Crippen LogP contribution in [0.15, 0.2) is 53.4 Å². The fraction of sp³-hybridized carbons (Fsp3) is 0. The third kappa shape index (κ3) is 3.24. The molecule has 23 heavy (non-hydrogen) atoms. The fourth-order valence-electron chi connectivity index (χ4n) is 1.79. The van der Waals surface area contributed by atoms with E-state index in [1.54, 1.807) is 24.3 Å². The van der Waals surface area contributed by atoms with Crippen molar-refractivity contribution in [3.8, 4) is 11.5 Å². The molecule has 3 rings (SSSR count). The molecule has 0 saturated heterocycles. The first-order valence-electron chi connectivity index (χ1n) is 6.46. The van der Waals surface area contributed by atoms with Crippen molar-refractivity contribution in [2.75, 3.05) is 0 Å². The minimum absolute atomic E-state index is 0.00141. The normalized spacial score (nSPS) is 11.4. The predicted molar refractivity (Wildman–Crippen MR) is 81.6 cm³/mol. The number of H-pyrrole nitrogens is 1. The van der Waals surface area contributed by atoms with E-state index < -0.39 is 11.5 Å². The molecule has 0 spiro atoms. The number of carbonyl (C=O) groups excluding carboxylic acids is 1. The lowest BCUT2D eigenvalue weighted by atomic mass is 10.2. The molecule has 0 fully saturated rings. The number of aliphatic hydroxyl groups is 1. The van der Waals surface area contributed by atoms with Gasteiger partial charge in [0.25, 0.3) is 0 Å². The lowest BCUT2D eigenvalue weighted by Gasteiger charge is -2.06. The first kappa shape index (κ1) is 14.9. The molecular formula is C15H10ClN3O4. The molecule has 0 atom stereocenters. The molecular weight excluding hydrogens is 322 g/mol. The number of halogens is 1. The van der Waals surface area contributed by atoms with E-state index in [-0.39, 0.29) is 17.3 Å². The van der Waals surface area contributed by atoms with Crippen LogP contribution in [0, 0.1) is 0 Å². The monoisotopic (exact) mass is 331 g/mol. The van der Waals surface area contributed by atoms with E-state index in [1.165, 1.54) is 18.7 Å². The quantitative estimate of drug-likeness (QED) is 0.420. The minimum Gasteiger partial charge on any atom is -0.504 e. The van der Waals surface area contributed by atoms with Gasteiger partial charge >= 0.3 is 0 Å². The second-order valence-corrected chi connectivity index (χ2v) is 4.77. The summed E-state index contributed by atoms with van der Waals surface area (Å²) < 4.78 is 10.7. The van der Waals surface area contributed by atoms with Gasteiger partial charge in [-0.1, -0.05) is 23.7 Å². The Balaban J connectivity index is 1.85. The fourth-order valence-corrected chi connectivity index (χ4v) is 1.96. The molecule has 0 aliphatic carbocycles. The molecule has 3 aromatic rings. The van der Waals surface area contributed by atoms with Gasteiger partial charge in [-0.3, -0.25) is 9.89 Å². The van der Waals surface area contributed by atoms with Gasteiger partial charge in [-0.2, -0.15) is 5.10 Å². The van der Waals surface area contributed by atoms with Crippen LogP contribution in [0.3, 0.4) is 0 Å². The van der Waals surface area contributed by atoms with Crippen molar-refractivity contribution in [3.63, 3.8) is 0 Å². The Labute approximate surface area is 135 Å². The number of allylic oxidation sites excluding steroid dienone is 1. The van der Waals surface area contributed by atoms with Gasteiger partial charge in [-0.15, -0.1) is 0 Å². The highest BCUT2D eigenvalue weighted by Gasteiger charge is 2.18. The predicted octanol–water partition coefficient (Wildman–Crippen LogP) is 3.63. The number of benzene rings is 1. The number of carbonyl (C=O) groups is 1. The Morgan fingerprint density at radius 3 is 2.87 bits per heavy atom. The minimum atomic E-state index is -0.598. The number of nitrogens with zero attached hydrogens (tertiary/aromatic N) is 2. The standard InChI is InChI=1S/C15H10ClN3O4/c16-9-3-1-2-4-12(9)23-13-5-6-22-14(13)10(20)7-11(21)15-17-8-18-19-15/h1-8,21H,(H,17,18,19). The van der Waals surface area contributed by atoms with Gasteiger partial charge in [0.05, 0.1) is 11.3 Å². The van der Waals surface area contributed by atoms with E-state index >= 15 is 0 Å². The molecule has 0 radical (unpaired) electrons. The summed E-state index contributed by atoms with van der Waals surface area (Å²) >= 11 is 6.01. The molecule has 1 aromatic carbocycles. The first-order valence-corrected chi connectivity index (χ1v) is 6.84. The van der Waals surface area contributed by atoms with Crippen LogP contribution in [0.5, 0.6) is 11.5 Å². The second-order valence-electron chi connectivity index (χ2n) is 4.36. The van der Waals surface area contributed by atoms with Gasteiger partial charge < -0.3 is 14.3 Å². The summed E-state index contributed by atoms with van der Waals surface area (Å²) in [7, 11) is 0. The number of ether oxygens (including phenoxy) is 1. The van der Waals surface area contributed by atoms with Gasteiger partial charge in [-0.05, 0) is 12.1 Å². The van der Waals surface area contributed by atoms with Crippen LogP contribution < -0.4 is 4.74 Å². The van der Waals surface area contributed by atoms with Crippen LogP contribution in [0.25, 0.3) is 5.76 Å². The number of ketones is 1. The highest BCUT2D eigenvalue weighted by atomic mass is 35.5. The molecule has 116 valence electrons. The summed E-state index contributed by atoms with van der Waals surface area (Å²) in [5.74, 6) is -0.505. The van der Waals surface area contributed by atoms with Crippen molar-refractivity contribution in [3.05, 3.63) is 65.6 Å². The number of rotatable bonds is 5. The highest BCUT2D eigenvalue weighted by molar-refractivity contribution is 6.32. The maximum absolute atomic E-state index is 12.2. The van der Waals surface area contributed by atoms with Crippen LogP contribution >= 0.6 is 11.6 Å². The Morgan fingerprint density at radius 1 is 1.30 bits per heavy atom.